The summed E-state index contributed by atoms with van der Waals surface area (Å²) in [5.41, 5.74) is 3.45. The molecule has 1 N–H and O–H groups in total. The van der Waals surface area contributed by atoms with Gasteiger partial charge in [0.25, 0.3) is 5.91 Å². The summed E-state index contributed by atoms with van der Waals surface area (Å²) in [6.07, 6.45) is 0. The van der Waals surface area contributed by atoms with Crippen molar-refractivity contribution in [1.29, 1.82) is 0 Å². The predicted molar refractivity (Wildman–Crippen MR) is 112 cm³/mol. The van der Waals surface area contributed by atoms with E-state index in [1.807, 2.05) is 36.4 Å². The summed E-state index contributed by atoms with van der Waals surface area (Å²) in [6.45, 7) is 8.09. The van der Waals surface area contributed by atoms with Crippen LogP contribution in [0, 0.1) is 0 Å². The van der Waals surface area contributed by atoms with Crippen LogP contribution in [0.15, 0.2) is 48.5 Å². The molecule has 1 aliphatic heterocycles. The average Bonchev–Trinajstić information content (AvgIpc) is 2.74. The molecule has 0 radical (unpaired) electrons. The molecule has 0 unspecified atom stereocenters. The number of morpholine rings is 1. The summed E-state index contributed by atoms with van der Waals surface area (Å²) in [6, 6.07) is 15.0. The summed E-state index contributed by atoms with van der Waals surface area (Å²) in [4.78, 5) is 26.5. The largest absolute Gasteiger partial charge is 0.452 e. The zero-order valence-corrected chi connectivity index (χ0v) is 17.0. The molecule has 1 heterocycles. The van der Waals surface area contributed by atoms with Crippen molar-refractivity contribution >= 4 is 17.6 Å². The highest BCUT2D eigenvalue weighted by molar-refractivity contribution is 5.95. The van der Waals surface area contributed by atoms with E-state index in [0.29, 0.717) is 17.2 Å². The molecular weight excluding hydrogens is 368 g/mol. The van der Waals surface area contributed by atoms with E-state index in [-0.39, 0.29) is 12.5 Å². The molecule has 2 aromatic carbocycles. The van der Waals surface area contributed by atoms with Gasteiger partial charge in [0.2, 0.25) is 0 Å². The smallest absolute Gasteiger partial charge is 0.338 e. The Bertz CT molecular complexity index is 810. The minimum Gasteiger partial charge on any atom is -0.452 e. The fourth-order valence-electron chi connectivity index (χ4n) is 3.13. The van der Waals surface area contributed by atoms with E-state index in [1.165, 1.54) is 5.56 Å². The fraction of sp³-hybridized carbons (Fsp3) is 0.391. The van der Waals surface area contributed by atoms with Gasteiger partial charge in [-0.25, -0.2) is 4.79 Å². The minimum absolute atomic E-state index is 0.319. The Morgan fingerprint density at radius 3 is 2.31 bits per heavy atom. The molecule has 3 rings (SSSR count). The van der Waals surface area contributed by atoms with E-state index in [9.17, 15) is 9.59 Å². The first kappa shape index (κ1) is 21.0. The summed E-state index contributed by atoms with van der Waals surface area (Å²) in [5, 5.41) is 2.74. The molecule has 6 heteroatoms. The van der Waals surface area contributed by atoms with E-state index >= 15 is 0 Å². The third-order valence-corrected chi connectivity index (χ3v) is 4.89. The van der Waals surface area contributed by atoms with Crippen molar-refractivity contribution in [3.63, 3.8) is 0 Å². The van der Waals surface area contributed by atoms with Crippen molar-refractivity contribution in [2.75, 3.05) is 38.2 Å². The molecule has 1 saturated heterocycles. The first-order chi connectivity index (χ1) is 14.0. The Morgan fingerprint density at radius 2 is 1.69 bits per heavy atom. The van der Waals surface area contributed by atoms with E-state index in [0.717, 1.165) is 38.4 Å². The van der Waals surface area contributed by atoms with E-state index in [4.69, 9.17) is 9.47 Å². The van der Waals surface area contributed by atoms with E-state index in [2.05, 4.69) is 24.1 Å². The molecule has 0 spiro atoms. The number of hydrogen-bond donors (Lipinski definition) is 1. The van der Waals surface area contributed by atoms with Crippen molar-refractivity contribution in [3.8, 4) is 0 Å². The van der Waals surface area contributed by atoms with Gasteiger partial charge in [0.05, 0.1) is 18.8 Å². The molecular formula is C23H28N2O4. The van der Waals surface area contributed by atoms with Gasteiger partial charge in [0.15, 0.2) is 6.61 Å². The molecule has 2 aromatic rings. The number of benzene rings is 2. The van der Waals surface area contributed by atoms with Gasteiger partial charge in [-0.05, 0) is 41.3 Å². The number of carbonyl (C=O) groups excluding carboxylic acids is 2. The Hall–Kier alpha value is -2.70. The quantitative estimate of drug-likeness (QED) is 0.726. The van der Waals surface area contributed by atoms with Gasteiger partial charge in [-0.1, -0.05) is 38.1 Å². The number of rotatable bonds is 7. The second kappa shape index (κ2) is 10.2. The van der Waals surface area contributed by atoms with Crippen LogP contribution in [0.5, 0.6) is 0 Å². The predicted octanol–water partition coefficient (Wildman–Crippen LogP) is 3.44. The third-order valence-electron chi connectivity index (χ3n) is 4.89. The lowest BCUT2D eigenvalue weighted by Gasteiger charge is -2.26. The first-order valence-electron chi connectivity index (χ1n) is 9.97. The number of amides is 1. The van der Waals surface area contributed by atoms with Crippen LogP contribution >= 0.6 is 0 Å². The maximum Gasteiger partial charge on any atom is 0.338 e. The van der Waals surface area contributed by atoms with E-state index < -0.39 is 5.97 Å². The topological polar surface area (TPSA) is 67.9 Å². The Balaban J connectivity index is 1.45. The molecule has 0 saturated carbocycles. The zero-order chi connectivity index (χ0) is 20.6. The van der Waals surface area contributed by atoms with Crippen LogP contribution in [0.4, 0.5) is 5.69 Å². The van der Waals surface area contributed by atoms with Gasteiger partial charge in [-0.3, -0.25) is 9.69 Å². The van der Waals surface area contributed by atoms with Gasteiger partial charge in [-0.15, -0.1) is 0 Å². The lowest BCUT2D eigenvalue weighted by atomic mass is 10.0. The van der Waals surface area contributed by atoms with Crippen molar-refractivity contribution in [1.82, 2.24) is 4.90 Å². The van der Waals surface area contributed by atoms with Gasteiger partial charge >= 0.3 is 5.97 Å². The molecule has 1 fully saturated rings. The summed E-state index contributed by atoms with van der Waals surface area (Å²) in [7, 11) is 0. The third kappa shape index (κ3) is 6.41. The van der Waals surface area contributed by atoms with Crippen LogP contribution in [0.3, 0.4) is 0 Å². The number of esters is 1. The number of hydrogen-bond acceptors (Lipinski definition) is 5. The highest BCUT2D eigenvalue weighted by Gasteiger charge is 2.13. The molecule has 0 bridgehead atoms. The number of ether oxygens (including phenoxy) is 2. The lowest BCUT2D eigenvalue weighted by Crippen LogP contribution is -2.35. The van der Waals surface area contributed by atoms with Gasteiger partial charge in [0, 0.05) is 25.3 Å². The Labute approximate surface area is 171 Å². The second-order valence-electron chi connectivity index (χ2n) is 7.49. The summed E-state index contributed by atoms with van der Waals surface area (Å²) < 4.78 is 10.5. The molecule has 0 atom stereocenters. The molecule has 1 amide bonds. The highest BCUT2D eigenvalue weighted by atomic mass is 16.5. The average molecular weight is 396 g/mol. The maximum atomic E-state index is 12.2. The Kier molecular flexibility index (Phi) is 7.38. The van der Waals surface area contributed by atoms with Crippen LogP contribution in [-0.4, -0.2) is 49.7 Å². The molecule has 0 aliphatic carbocycles. The Morgan fingerprint density at radius 1 is 1.03 bits per heavy atom. The normalized spacial score (nSPS) is 14.6. The van der Waals surface area contributed by atoms with Crippen LogP contribution in [0.1, 0.15) is 41.3 Å². The minimum atomic E-state index is -0.506. The molecule has 1 aliphatic rings. The zero-order valence-electron chi connectivity index (χ0n) is 17.0. The highest BCUT2D eigenvalue weighted by Crippen LogP contribution is 2.17. The standard InChI is InChI=1S/C23H28N2O4/c1-17(2)19-7-9-21(10-8-19)24-22(26)16-29-23(27)20-5-3-18(4-6-20)15-25-11-13-28-14-12-25/h3-10,17H,11-16H2,1-2H3,(H,24,26). The van der Waals surface area contributed by atoms with Crippen molar-refractivity contribution < 1.29 is 19.1 Å². The van der Waals surface area contributed by atoms with Gasteiger partial charge in [0.1, 0.15) is 0 Å². The van der Waals surface area contributed by atoms with Gasteiger partial charge in [-0.2, -0.15) is 0 Å². The molecule has 29 heavy (non-hydrogen) atoms. The second-order valence-corrected chi connectivity index (χ2v) is 7.49. The van der Waals surface area contributed by atoms with Gasteiger partial charge < -0.3 is 14.8 Å². The molecule has 0 aromatic heterocycles. The molecule has 154 valence electrons. The monoisotopic (exact) mass is 396 g/mol. The summed E-state index contributed by atoms with van der Waals surface area (Å²) >= 11 is 0. The van der Waals surface area contributed by atoms with Crippen LogP contribution < -0.4 is 5.32 Å². The van der Waals surface area contributed by atoms with Crippen molar-refractivity contribution in [3.05, 3.63) is 65.2 Å². The SMILES string of the molecule is CC(C)c1ccc(NC(=O)COC(=O)c2ccc(CN3CCOCC3)cc2)cc1. The maximum absolute atomic E-state index is 12.2. The first-order valence-corrected chi connectivity index (χ1v) is 9.97. The van der Waals surface area contributed by atoms with Crippen LogP contribution in [0.2, 0.25) is 0 Å². The molecule has 6 nitrogen and oxygen atoms in total. The lowest BCUT2D eigenvalue weighted by molar-refractivity contribution is -0.119. The van der Waals surface area contributed by atoms with Crippen LogP contribution in [0.25, 0.3) is 0 Å². The number of nitrogens with one attached hydrogen (secondary N) is 1. The number of anilines is 1. The summed E-state index contributed by atoms with van der Waals surface area (Å²) in [5.74, 6) is -0.436. The number of nitrogens with zero attached hydrogens (tertiary/aromatic N) is 1. The fourth-order valence-corrected chi connectivity index (χ4v) is 3.13. The van der Waals surface area contributed by atoms with Crippen molar-refractivity contribution in [2.45, 2.75) is 26.3 Å². The van der Waals surface area contributed by atoms with Crippen LogP contribution in [-0.2, 0) is 20.8 Å². The number of carbonyl (C=O) groups is 2. The van der Waals surface area contributed by atoms with Crippen molar-refractivity contribution in [2.24, 2.45) is 0 Å². The van der Waals surface area contributed by atoms with E-state index in [1.54, 1.807) is 12.1 Å².